The predicted molar refractivity (Wildman–Crippen MR) is 75.7 cm³/mol. The van der Waals surface area contributed by atoms with E-state index in [0.29, 0.717) is 28.0 Å². The Kier molecular flexibility index (Phi) is 2.90. The topological polar surface area (TPSA) is 43.4 Å². The fraction of sp³-hybridized carbons (Fsp3) is 0.176. The number of carbonyl (C=O) groups is 2. The third-order valence-electron chi connectivity index (χ3n) is 3.71. The van der Waals surface area contributed by atoms with Crippen LogP contribution in [0.3, 0.4) is 0 Å². The molecule has 0 bridgehead atoms. The van der Waals surface area contributed by atoms with Crippen LogP contribution < -0.4 is 4.74 Å². The van der Waals surface area contributed by atoms with Gasteiger partial charge in [-0.05, 0) is 18.1 Å². The van der Waals surface area contributed by atoms with Gasteiger partial charge in [0.25, 0.3) is 0 Å². The van der Waals surface area contributed by atoms with Gasteiger partial charge in [-0.15, -0.1) is 0 Å². The van der Waals surface area contributed by atoms with Crippen molar-refractivity contribution in [3.63, 3.8) is 0 Å². The number of ketones is 2. The number of methoxy groups -OCH3 is 1. The second-order valence-corrected chi connectivity index (χ2v) is 4.74. The molecule has 0 fully saturated rings. The highest BCUT2D eigenvalue weighted by atomic mass is 16.5. The summed E-state index contributed by atoms with van der Waals surface area (Å²) in [6, 6.07) is 10.5. The first-order valence-corrected chi connectivity index (χ1v) is 6.57. The Bertz CT molecular complexity index is 729. The number of fused-ring (bicyclic) bond motifs is 2. The maximum atomic E-state index is 12.7. The zero-order valence-electron chi connectivity index (χ0n) is 11.4. The van der Waals surface area contributed by atoms with E-state index in [1.165, 1.54) is 7.11 Å². The molecule has 0 radical (unpaired) electrons. The van der Waals surface area contributed by atoms with Crippen molar-refractivity contribution in [2.24, 2.45) is 0 Å². The van der Waals surface area contributed by atoms with Gasteiger partial charge in [-0.1, -0.05) is 37.3 Å². The first kappa shape index (κ1) is 12.6. The van der Waals surface area contributed by atoms with E-state index >= 15 is 0 Å². The minimum absolute atomic E-state index is 0.115. The maximum Gasteiger partial charge on any atom is 0.198 e. The molecular formula is C17H14O3. The molecule has 0 saturated carbocycles. The van der Waals surface area contributed by atoms with Crippen molar-refractivity contribution < 1.29 is 14.3 Å². The molecule has 0 atom stereocenters. The number of ether oxygens (including phenoxy) is 1. The van der Waals surface area contributed by atoms with Crippen LogP contribution in [0, 0.1) is 0 Å². The summed E-state index contributed by atoms with van der Waals surface area (Å²) in [6.45, 7) is 1.99. The highest BCUT2D eigenvalue weighted by molar-refractivity contribution is 6.29. The van der Waals surface area contributed by atoms with E-state index in [9.17, 15) is 9.59 Å². The first-order chi connectivity index (χ1) is 9.69. The number of aryl methyl sites for hydroxylation is 1. The zero-order chi connectivity index (χ0) is 14.3. The maximum absolute atomic E-state index is 12.7. The highest BCUT2D eigenvalue weighted by Crippen LogP contribution is 2.35. The molecule has 3 heteroatoms. The van der Waals surface area contributed by atoms with E-state index in [2.05, 4.69) is 0 Å². The average Bonchev–Trinajstić information content (AvgIpc) is 2.51. The number of hydrogen-bond acceptors (Lipinski definition) is 3. The largest absolute Gasteiger partial charge is 0.496 e. The molecule has 2 aromatic rings. The summed E-state index contributed by atoms with van der Waals surface area (Å²) in [6.07, 6.45) is 0.750. The van der Waals surface area contributed by atoms with E-state index < -0.39 is 0 Å². The minimum Gasteiger partial charge on any atom is -0.496 e. The fourth-order valence-corrected chi connectivity index (χ4v) is 2.71. The molecule has 0 unspecified atom stereocenters. The van der Waals surface area contributed by atoms with Crippen molar-refractivity contribution in [2.45, 2.75) is 13.3 Å². The lowest BCUT2D eigenvalue weighted by molar-refractivity contribution is 0.0976. The molecule has 2 aromatic carbocycles. The van der Waals surface area contributed by atoms with Gasteiger partial charge in [0.15, 0.2) is 11.6 Å². The van der Waals surface area contributed by atoms with Gasteiger partial charge < -0.3 is 4.74 Å². The SMILES string of the molecule is CCc1ccc2c(c1OC)C(=O)c1ccccc1C2=O. The lowest BCUT2D eigenvalue weighted by Gasteiger charge is -2.21. The summed E-state index contributed by atoms with van der Waals surface area (Å²) in [5.74, 6) is 0.274. The molecule has 0 amide bonds. The van der Waals surface area contributed by atoms with Crippen LogP contribution in [0.4, 0.5) is 0 Å². The molecule has 0 heterocycles. The van der Waals surface area contributed by atoms with E-state index in [4.69, 9.17) is 4.74 Å². The number of carbonyl (C=O) groups excluding carboxylic acids is 2. The summed E-state index contributed by atoms with van der Waals surface area (Å²) in [5, 5.41) is 0. The monoisotopic (exact) mass is 266 g/mol. The normalized spacial score (nSPS) is 12.9. The Labute approximate surface area is 117 Å². The molecule has 1 aliphatic rings. The third kappa shape index (κ3) is 1.59. The van der Waals surface area contributed by atoms with Crippen LogP contribution in [-0.4, -0.2) is 18.7 Å². The van der Waals surface area contributed by atoms with Crippen LogP contribution in [0.1, 0.15) is 44.3 Å². The van der Waals surface area contributed by atoms with Crippen LogP contribution in [0.5, 0.6) is 5.75 Å². The molecule has 0 N–H and O–H groups in total. The lowest BCUT2D eigenvalue weighted by atomic mass is 9.82. The van der Waals surface area contributed by atoms with Gasteiger partial charge in [0.05, 0.1) is 12.7 Å². The standard InChI is InChI=1S/C17H14O3/c1-3-10-8-9-13-14(17(10)20-2)16(19)12-7-5-4-6-11(12)15(13)18/h4-9H,3H2,1-2H3. The third-order valence-corrected chi connectivity index (χ3v) is 3.71. The minimum atomic E-state index is -0.137. The molecule has 100 valence electrons. The van der Waals surface area contributed by atoms with E-state index in [0.717, 1.165) is 12.0 Å². The van der Waals surface area contributed by atoms with Crippen molar-refractivity contribution in [1.82, 2.24) is 0 Å². The number of rotatable bonds is 2. The van der Waals surface area contributed by atoms with Gasteiger partial charge in [0, 0.05) is 16.7 Å². The lowest BCUT2D eigenvalue weighted by Crippen LogP contribution is -2.22. The smallest absolute Gasteiger partial charge is 0.198 e. The van der Waals surface area contributed by atoms with Crippen LogP contribution >= 0.6 is 0 Å². The van der Waals surface area contributed by atoms with Gasteiger partial charge in [0.1, 0.15) is 5.75 Å². The summed E-state index contributed by atoms with van der Waals surface area (Å²) in [5.41, 5.74) is 2.69. The van der Waals surface area contributed by atoms with Gasteiger partial charge in [-0.3, -0.25) is 9.59 Å². The summed E-state index contributed by atoms with van der Waals surface area (Å²) in [7, 11) is 1.53. The quantitative estimate of drug-likeness (QED) is 0.716. The van der Waals surface area contributed by atoms with Crippen molar-refractivity contribution >= 4 is 11.6 Å². The van der Waals surface area contributed by atoms with Crippen LogP contribution in [-0.2, 0) is 6.42 Å². The number of benzene rings is 2. The molecule has 0 aromatic heterocycles. The van der Waals surface area contributed by atoms with E-state index in [-0.39, 0.29) is 11.6 Å². The Morgan fingerprint density at radius 1 is 0.900 bits per heavy atom. The Balaban J connectivity index is 2.33. The van der Waals surface area contributed by atoms with E-state index in [1.807, 2.05) is 13.0 Å². The second kappa shape index (κ2) is 4.60. The van der Waals surface area contributed by atoms with Gasteiger partial charge in [-0.2, -0.15) is 0 Å². The summed E-state index contributed by atoms with van der Waals surface area (Å²) >= 11 is 0. The van der Waals surface area contributed by atoms with Gasteiger partial charge >= 0.3 is 0 Å². The molecule has 0 aliphatic heterocycles. The van der Waals surface area contributed by atoms with Gasteiger partial charge in [0.2, 0.25) is 0 Å². The van der Waals surface area contributed by atoms with Crippen molar-refractivity contribution in [3.05, 3.63) is 64.2 Å². The van der Waals surface area contributed by atoms with Crippen LogP contribution in [0.25, 0.3) is 0 Å². The average molecular weight is 266 g/mol. The van der Waals surface area contributed by atoms with Crippen LogP contribution in [0.2, 0.25) is 0 Å². The molecule has 3 nitrogen and oxygen atoms in total. The van der Waals surface area contributed by atoms with Crippen LogP contribution in [0.15, 0.2) is 36.4 Å². The molecule has 0 saturated heterocycles. The molecular weight excluding hydrogens is 252 g/mol. The predicted octanol–water partition coefficient (Wildman–Crippen LogP) is 3.03. The Hall–Kier alpha value is -2.42. The number of hydrogen-bond donors (Lipinski definition) is 0. The second-order valence-electron chi connectivity index (χ2n) is 4.74. The first-order valence-electron chi connectivity index (χ1n) is 6.57. The van der Waals surface area contributed by atoms with E-state index in [1.54, 1.807) is 30.3 Å². The van der Waals surface area contributed by atoms with Crippen molar-refractivity contribution in [1.29, 1.82) is 0 Å². The molecule has 20 heavy (non-hydrogen) atoms. The fourth-order valence-electron chi connectivity index (χ4n) is 2.71. The van der Waals surface area contributed by atoms with Gasteiger partial charge in [-0.25, -0.2) is 0 Å². The highest BCUT2D eigenvalue weighted by Gasteiger charge is 2.32. The summed E-state index contributed by atoms with van der Waals surface area (Å²) < 4.78 is 5.40. The van der Waals surface area contributed by atoms with Crippen molar-refractivity contribution in [3.8, 4) is 5.75 Å². The van der Waals surface area contributed by atoms with Crippen molar-refractivity contribution in [2.75, 3.05) is 7.11 Å². The summed E-state index contributed by atoms with van der Waals surface area (Å²) in [4.78, 5) is 25.2. The Morgan fingerprint density at radius 2 is 1.55 bits per heavy atom. The molecule has 3 rings (SSSR count). The Morgan fingerprint density at radius 3 is 2.15 bits per heavy atom. The zero-order valence-corrected chi connectivity index (χ0v) is 11.4. The molecule has 0 spiro atoms. The molecule has 1 aliphatic carbocycles.